The highest BCUT2D eigenvalue weighted by Gasteiger charge is 2.72. The molecule has 9 heteroatoms. The first kappa shape index (κ1) is 31.8. The summed E-state index contributed by atoms with van der Waals surface area (Å²) in [6, 6.07) is 17.0. The van der Waals surface area contributed by atoms with Gasteiger partial charge >= 0.3 is 0 Å². The van der Waals surface area contributed by atoms with E-state index in [1.165, 1.54) is 12.0 Å². The van der Waals surface area contributed by atoms with Crippen LogP contribution in [0.15, 0.2) is 54.7 Å². The maximum absolute atomic E-state index is 6.51. The Morgan fingerprint density at radius 3 is 2.70 bits per heavy atom. The molecule has 4 saturated heterocycles. The zero-order chi connectivity index (χ0) is 31.9. The molecule has 4 aliphatic heterocycles. The van der Waals surface area contributed by atoms with Crippen LogP contribution in [0.5, 0.6) is 5.75 Å². The van der Waals surface area contributed by atoms with Crippen molar-refractivity contribution < 1.29 is 28.7 Å². The van der Waals surface area contributed by atoms with Crippen LogP contribution >= 0.6 is 0 Å². The van der Waals surface area contributed by atoms with E-state index in [9.17, 15) is 0 Å². The average Bonchev–Trinajstić information content (AvgIpc) is 3.06. The molecule has 9 atom stereocenters. The molecule has 1 spiro atoms. The van der Waals surface area contributed by atoms with Crippen LogP contribution in [-0.2, 0) is 37.1 Å². The highest BCUT2D eigenvalue weighted by atomic mass is 17.3. The number of nitrogens with zero attached hydrogens (tertiary/aromatic N) is 1. The molecule has 248 valence electrons. The van der Waals surface area contributed by atoms with Gasteiger partial charge in [-0.3, -0.25) is 4.98 Å². The van der Waals surface area contributed by atoms with Crippen LogP contribution in [0.1, 0.15) is 70.9 Å². The molecule has 0 radical (unpaired) electrons. The third-order valence-electron chi connectivity index (χ3n) is 10.9. The maximum atomic E-state index is 6.51. The summed E-state index contributed by atoms with van der Waals surface area (Å²) in [5.41, 5.74) is 3.83. The van der Waals surface area contributed by atoms with Gasteiger partial charge in [-0.05, 0) is 75.3 Å². The number of anilines is 1. The van der Waals surface area contributed by atoms with E-state index in [0.29, 0.717) is 24.5 Å². The Morgan fingerprint density at radius 1 is 1.04 bits per heavy atom. The van der Waals surface area contributed by atoms with Gasteiger partial charge in [-0.2, -0.15) is 0 Å². The van der Waals surface area contributed by atoms with E-state index in [1.54, 1.807) is 7.11 Å². The van der Waals surface area contributed by atoms with Crippen molar-refractivity contribution in [2.24, 2.45) is 23.7 Å². The highest BCUT2D eigenvalue weighted by Crippen LogP contribution is 2.62. The molecular formula is C37H49N3O6. The van der Waals surface area contributed by atoms with Crippen molar-refractivity contribution in [1.82, 2.24) is 10.3 Å². The smallest absolute Gasteiger partial charge is 0.202 e. The summed E-state index contributed by atoms with van der Waals surface area (Å²) in [6.45, 7) is 11.0. The van der Waals surface area contributed by atoms with E-state index in [0.717, 1.165) is 66.7 Å². The minimum atomic E-state index is -0.763. The number of hydrogen-bond donors (Lipinski definition) is 2. The van der Waals surface area contributed by atoms with Crippen LogP contribution in [0.3, 0.4) is 0 Å². The van der Waals surface area contributed by atoms with Crippen LogP contribution in [0.25, 0.3) is 10.9 Å². The van der Waals surface area contributed by atoms with E-state index in [-0.39, 0.29) is 18.1 Å². The van der Waals surface area contributed by atoms with Gasteiger partial charge in [0.1, 0.15) is 5.75 Å². The standard InChI is InChI=1S/C37H49N3O6/c1-23-10-15-30-25(3)34(43-35-37(30)31(23)20-36(4,44-35)45-46-37)42-22-27-13-11-26(12-14-27)21-38-16-6-8-24(2)40-32-19-29(41-5)18-28-9-7-17-39-33(28)32/h7,9,11-14,17-19,23-25,30-31,34-35,38,40H,6,8,10,15-16,20-22H2,1-5H3/t23-,24?,25-,30?,31+,34+,35-,36?,37+/m1/s1. The van der Waals surface area contributed by atoms with Gasteiger partial charge in [-0.25, -0.2) is 9.78 Å². The number of aromatic nitrogens is 1. The van der Waals surface area contributed by atoms with E-state index in [4.69, 9.17) is 28.7 Å². The van der Waals surface area contributed by atoms with Crippen molar-refractivity contribution in [2.45, 2.75) is 103 Å². The van der Waals surface area contributed by atoms with Crippen molar-refractivity contribution in [3.63, 3.8) is 0 Å². The lowest BCUT2D eigenvalue weighted by Crippen LogP contribution is -2.76. The minimum absolute atomic E-state index is 0.175. The van der Waals surface area contributed by atoms with Gasteiger partial charge in [-0.15, -0.1) is 0 Å². The van der Waals surface area contributed by atoms with E-state index >= 15 is 0 Å². The Labute approximate surface area is 272 Å². The summed E-state index contributed by atoms with van der Waals surface area (Å²) < 4.78 is 24.8. The number of nitrogens with one attached hydrogen (secondary N) is 2. The topological polar surface area (TPSA) is 92.3 Å². The lowest BCUT2D eigenvalue weighted by atomic mass is 9.56. The predicted molar refractivity (Wildman–Crippen MR) is 176 cm³/mol. The maximum Gasteiger partial charge on any atom is 0.202 e. The molecule has 5 heterocycles. The molecule has 1 aromatic heterocycles. The third kappa shape index (κ3) is 6.02. The monoisotopic (exact) mass is 631 g/mol. The number of benzene rings is 2. The van der Waals surface area contributed by atoms with E-state index in [1.807, 2.05) is 31.3 Å². The first-order chi connectivity index (χ1) is 22.3. The molecule has 3 aromatic rings. The lowest BCUT2D eigenvalue weighted by Gasteiger charge is -2.66. The summed E-state index contributed by atoms with van der Waals surface area (Å²) >= 11 is 0. The molecule has 0 amide bonds. The molecule has 1 aliphatic carbocycles. The number of ether oxygens (including phenoxy) is 4. The fourth-order valence-corrected chi connectivity index (χ4v) is 8.30. The van der Waals surface area contributed by atoms with E-state index in [2.05, 4.69) is 66.7 Å². The number of rotatable bonds is 12. The quantitative estimate of drug-likeness (QED) is 0.163. The van der Waals surface area contributed by atoms with Crippen molar-refractivity contribution in [3.8, 4) is 5.75 Å². The summed E-state index contributed by atoms with van der Waals surface area (Å²) in [4.78, 5) is 16.5. The lowest BCUT2D eigenvalue weighted by molar-refractivity contribution is -0.615. The molecule has 2 bridgehead atoms. The first-order valence-corrected chi connectivity index (χ1v) is 17.1. The highest BCUT2D eigenvalue weighted by molar-refractivity contribution is 5.91. The predicted octanol–water partition coefficient (Wildman–Crippen LogP) is 6.95. The van der Waals surface area contributed by atoms with E-state index < -0.39 is 17.7 Å². The summed E-state index contributed by atoms with van der Waals surface area (Å²) in [5.74, 6) is 1.44. The van der Waals surface area contributed by atoms with Crippen molar-refractivity contribution in [2.75, 3.05) is 19.0 Å². The molecular weight excluding hydrogens is 582 g/mol. The molecule has 3 unspecified atom stereocenters. The second kappa shape index (κ2) is 13.0. The molecule has 2 N–H and O–H groups in total. The van der Waals surface area contributed by atoms with Crippen LogP contribution in [-0.4, -0.2) is 48.6 Å². The third-order valence-corrected chi connectivity index (χ3v) is 10.9. The Hall–Kier alpha value is -2.79. The Balaban J connectivity index is 0.859. The largest absolute Gasteiger partial charge is 0.497 e. The molecule has 46 heavy (non-hydrogen) atoms. The van der Waals surface area contributed by atoms with Gasteiger partial charge in [0.15, 0.2) is 18.2 Å². The Kier molecular flexibility index (Phi) is 9.00. The van der Waals surface area contributed by atoms with Gasteiger partial charge in [0, 0.05) is 54.4 Å². The summed E-state index contributed by atoms with van der Waals surface area (Å²) in [5, 5.41) is 8.31. The summed E-state index contributed by atoms with van der Waals surface area (Å²) in [6.07, 6.45) is 6.23. The molecule has 8 rings (SSSR count). The fourth-order valence-electron chi connectivity index (χ4n) is 8.30. The van der Waals surface area contributed by atoms with Gasteiger partial charge in [0.05, 0.1) is 24.9 Å². The van der Waals surface area contributed by atoms with Crippen LogP contribution in [0.2, 0.25) is 0 Å². The van der Waals surface area contributed by atoms with Gasteiger partial charge in [0.2, 0.25) is 5.79 Å². The molecule has 1 saturated carbocycles. The van der Waals surface area contributed by atoms with Crippen molar-refractivity contribution >= 4 is 16.6 Å². The van der Waals surface area contributed by atoms with Crippen LogP contribution < -0.4 is 15.4 Å². The average molecular weight is 632 g/mol. The zero-order valence-corrected chi connectivity index (χ0v) is 27.8. The number of fused-ring (bicyclic) bond motifs is 2. The summed E-state index contributed by atoms with van der Waals surface area (Å²) in [7, 11) is 1.70. The SMILES string of the molecule is COc1cc(NC(C)CCCNCc2ccc(CO[C@H]3O[C@@H]4OC5(C)C[C@H]6[C@H](C)CCC([C@H]3C)[C@@]46OO5)cc2)c2ncccc2c1. The number of hydrogen-bond acceptors (Lipinski definition) is 9. The Morgan fingerprint density at radius 2 is 1.87 bits per heavy atom. The molecule has 5 fully saturated rings. The second-order valence-corrected chi connectivity index (χ2v) is 14.2. The molecule has 5 aliphatic rings. The van der Waals surface area contributed by atoms with Crippen LogP contribution in [0.4, 0.5) is 5.69 Å². The Bertz CT molecular complexity index is 1500. The minimum Gasteiger partial charge on any atom is -0.497 e. The number of pyridine rings is 1. The fraction of sp³-hybridized carbons (Fsp3) is 0.595. The van der Waals surface area contributed by atoms with Gasteiger partial charge in [0.25, 0.3) is 0 Å². The normalized spacial score (nSPS) is 33.8. The van der Waals surface area contributed by atoms with Crippen LogP contribution in [0, 0.1) is 23.7 Å². The van der Waals surface area contributed by atoms with Gasteiger partial charge < -0.3 is 29.6 Å². The number of methoxy groups -OCH3 is 1. The molecule has 2 aromatic carbocycles. The second-order valence-electron chi connectivity index (χ2n) is 14.2. The molecule has 9 nitrogen and oxygen atoms in total. The van der Waals surface area contributed by atoms with Crippen molar-refractivity contribution in [3.05, 3.63) is 65.9 Å². The first-order valence-electron chi connectivity index (χ1n) is 17.1. The zero-order valence-electron chi connectivity index (χ0n) is 27.8. The van der Waals surface area contributed by atoms with Crippen molar-refractivity contribution in [1.29, 1.82) is 0 Å². The van der Waals surface area contributed by atoms with Gasteiger partial charge in [-0.1, -0.05) is 44.2 Å².